The third kappa shape index (κ3) is 3.26. The van der Waals surface area contributed by atoms with Gasteiger partial charge in [0.15, 0.2) is 0 Å². The zero-order valence-electron chi connectivity index (χ0n) is 10.1. The molecule has 1 aromatic rings. The molecule has 1 aliphatic heterocycles. The van der Waals surface area contributed by atoms with E-state index in [1.54, 1.807) is 24.3 Å². The van der Waals surface area contributed by atoms with Crippen molar-refractivity contribution in [1.82, 2.24) is 4.31 Å². The number of carboxylic acid groups (broad SMARTS) is 1. The van der Waals surface area contributed by atoms with Crippen LogP contribution in [0.1, 0.15) is 12.8 Å². The summed E-state index contributed by atoms with van der Waals surface area (Å²) in [6, 6.07) is 6.57. The van der Waals surface area contributed by atoms with Crippen molar-refractivity contribution >= 4 is 38.6 Å². The van der Waals surface area contributed by atoms with Crippen molar-refractivity contribution in [3.8, 4) is 0 Å². The second kappa shape index (κ2) is 5.76. The molecule has 1 N–H and O–H groups in total. The Hall–Kier alpha value is -0.670. The molecule has 1 atom stereocenters. The van der Waals surface area contributed by atoms with Crippen LogP contribution in [0, 0.1) is 9.49 Å². The predicted octanol–water partition coefficient (Wildman–Crippen LogP) is 1.78. The van der Waals surface area contributed by atoms with Gasteiger partial charge in [-0.2, -0.15) is 4.31 Å². The number of aliphatic carboxylic acids is 1. The van der Waals surface area contributed by atoms with Gasteiger partial charge in [-0.05, 0) is 59.7 Å². The molecule has 1 aliphatic rings. The number of benzene rings is 1. The highest BCUT2D eigenvalue weighted by Gasteiger charge is 2.33. The Labute approximate surface area is 125 Å². The standard InChI is InChI=1S/C12H14INO4S/c13-10-3-5-11(6-4-10)19(17,18)14-7-1-2-9(8-14)12(15)16/h3-6,9H,1-2,7-8H2,(H,15,16). The molecule has 0 aromatic heterocycles. The van der Waals surface area contributed by atoms with Gasteiger partial charge in [-0.3, -0.25) is 4.79 Å². The van der Waals surface area contributed by atoms with Gasteiger partial charge in [-0.25, -0.2) is 8.42 Å². The van der Waals surface area contributed by atoms with E-state index in [0.29, 0.717) is 19.4 Å². The molecule has 1 fully saturated rings. The van der Waals surface area contributed by atoms with E-state index in [2.05, 4.69) is 22.6 Å². The third-order valence-corrected chi connectivity index (χ3v) is 5.78. The molecule has 19 heavy (non-hydrogen) atoms. The normalized spacial score (nSPS) is 21.2. The van der Waals surface area contributed by atoms with Crippen molar-refractivity contribution in [3.63, 3.8) is 0 Å². The lowest BCUT2D eigenvalue weighted by Crippen LogP contribution is -2.42. The largest absolute Gasteiger partial charge is 0.481 e. The first-order valence-electron chi connectivity index (χ1n) is 5.90. The predicted molar refractivity (Wildman–Crippen MR) is 78.3 cm³/mol. The highest BCUT2D eigenvalue weighted by Crippen LogP contribution is 2.24. The van der Waals surface area contributed by atoms with E-state index in [1.807, 2.05) is 0 Å². The minimum absolute atomic E-state index is 0.0592. The Morgan fingerprint density at radius 1 is 1.32 bits per heavy atom. The summed E-state index contributed by atoms with van der Waals surface area (Å²) in [6.45, 7) is 0.446. The van der Waals surface area contributed by atoms with Crippen LogP contribution in [0.15, 0.2) is 29.2 Å². The summed E-state index contributed by atoms with van der Waals surface area (Å²) in [5.41, 5.74) is 0. The Morgan fingerprint density at radius 2 is 1.95 bits per heavy atom. The molecule has 1 heterocycles. The Kier molecular flexibility index (Phi) is 4.46. The first-order chi connectivity index (χ1) is 8.91. The van der Waals surface area contributed by atoms with Gasteiger partial charge in [-0.1, -0.05) is 0 Å². The fraction of sp³-hybridized carbons (Fsp3) is 0.417. The van der Waals surface area contributed by atoms with Crippen molar-refractivity contribution in [1.29, 1.82) is 0 Å². The first kappa shape index (κ1) is 14.7. The number of hydrogen-bond donors (Lipinski definition) is 1. The molecular formula is C12H14INO4S. The minimum atomic E-state index is -3.58. The molecule has 0 amide bonds. The number of piperidine rings is 1. The fourth-order valence-corrected chi connectivity index (χ4v) is 4.00. The monoisotopic (exact) mass is 395 g/mol. The van der Waals surface area contributed by atoms with E-state index in [4.69, 9.17) is 5.11 Å². The quantitative estimate of drug-likeness (QED) is 0.792. The summed E-state index contributed by atoms with van der Waals surface area (Å²) < 4.78 is 27.0. The fourth-order valence-electron chi connectivity index (χ4n) is 2.12. The second-order valence-corrected chi connectivity index (χ2v) is 7.68. The number of carboxylic acids is 1. The van der Waals surface area contributed by atoms with Gasteiger partial charge in [0, 0.05) is 16.7 Å². The number of hydrogen-bond acceptors (Lipinski definition) is 3. The maximum absolute atomic E-state index is 12.4. The van der Waals surface area contributed by atoms with Crippen molar-refractivity contribution in [3.05, 3.63) is 27.8 Å². The molecule has 0 radical (unpaired) electrons. The average Bonchev–Trinajstić information content (AvgIpc) is 2.39. The molecule has 5 nitrogen and oxygen atoms in total. The van der Waals surface area contributed by atoms with Crippen molar-refractivity contribution in [2.45, 2.75) is 17.7 Å². The molecule has 1 unspecified atom stereocenters. The SMILES string of the molecule is O=C(O)C1CCCN(S(=O)(=O)c2ccc(I)cc2)C1. The molecule has 0 saturated carbocycles. The van der Waals surface area contributed by atoms with Crippen LogP contribution in [-0.4, -0.2) is 36.9 Å². The van der Waals surface area contributed by atoms with Gasteiger partial charge in [0.25, 0.3) is 0 Å². The van der Waals surface area contributed by atoms with E-state index in [-0.39, 0.29) is 11.4 Å². The zero-order chi connectivity index (χ0) is 14.0. The molecule has 104 valence electrons. The summed E-state index contributed by atoms with van der Waals surface area (Å²) >= 11 is 2.10. The number of sulfonamides is 1. The summed E-state index contributed by atoms with van der Waals surface area (Å²) in [5.74, 6) is -1.53. The maximum Gasteiger partial charge on any atom is 0.307 e. The summed E-state index contributed by atoms with van der Waals surface area (Å²) in [5, 5.41) is 9.01. The highest BCUT2D eigenvalue weighted by atomic mass is 127. The molecule has 2 rings (SSSR count). The van der Waals surface area contributed by atoms with Crippen LogP contribution in [-0.2, 0) is 14.8 Å². The molecule has 0 aliphatic carbocycles. The Morgan fingerprint density at radius 3 is 2.53 bits per heavy atom. The second-order valence-electron chi connectivity index (χ2n) is 4.49. The zero-order valence-corrected chi connectivity index (χ0v) is 13.1. The first-order valence-corrected chi connectivity index (χ1v) is 8.41. The molecule has 7 heteroatoms. The minimum Gasteiger partial charge on any atom is -0.481 e. The molecule has 1 aromatic carbocycles. The van der Waals surface area contributed by atoms with Gasteiger partial charge in [0.05, 0.1) is 10.8 Å². The van der Waals surface area contributed by atoms with Gasteiger partial charge >= 0.3 is 5.97 Å². The van der Waals surface area contributed by atoms with Crippen LogP contribution < -0.4 is 0 Å². The smallest absolute Gasteiger partial charge is 0.307 e. The van der Waals surface area contributed by atoms with E-state index in [0.717, 1.165) is 3.57 Å². The van der Waals surface area contributed by atoms with Crippen LogP contribution >= 0.6 is 22.6 Å². The van der Waals surface area contributed by atoms with Crippen molar-refractivity contribution < 1.29 is 18.3 Å². The van der Waals surface area contributed by atoms with Crippen molar-refractivity contribution in [2.24, 2.45) is 5.92 Å². The van der Waals surface area contributed by atoms with Crippen LogP contribution in [0.25, 0.3) is 0 Å². The van der Waals surface area contributed by atoms with Gasteiger partial charge in [-0.15, -0.1) is 0 Å². The maximum atomic E-state index is 12.4. The van der Waals surface area contributed by atoms with E-state index >= 15 is 0 Å². The van der Waals surface area contributed by atoms with Crippen molar-refractivity contribution in [2.75, 3.05) is 13.1 Å². The third-order valence-electron chi connectivity index (χ3n) is 3.18. The van der Waals surface area contributed by atoms with E-state index < -0.39 is 21.9 Å². The van der Waals surface area contributed by atoms with Gasteiger partial charge in [0.2, 0.25) is 10.0 Å². The molecule has 1 saturated heterocycles. The van der Waals surface area contributed by atoms with E-state index in [9.17, 15) is 13.2 Å². The Balaban J connectivity index is 2.24. The molecule has 0 spiro atoms. The molecule has 0 bridgehead atoms. The van der Waals surface area contributed by atoms with Gasteiger partial charge < -0.3 is 5.11 Å². The van der Waals surface area contributed by atoms with E-state index in [1.165, 1.54) is 4.31 Å². The number of nitrogens with zero attached hydrogens (tertiary/aromatic N) is 1. The molecular weight excluding hydrogens is 381 g/mol. The van der Waals surface area contributed by atoms with Crippen LogP contribution in [0.3, 0.4) is 0 Å². The summed E-state index contributed by atoms with van der Waals surface area (Å²) in [7, 11) is -3.58. The van der Waals surface area contributed by atoms with Gasteiger partial charge in [0.1, 0.15) is 0 Å². The van der Waals surface area contributed by atoms with Crippen LogP contribution in [0.2, 0.25) is 0 Å². The van der Waals surface area contributed by atoms with Crippen LogP contribution in [0.4, 0.5) is 0 Å². The average molecular weight is 395 g/mol. The number of carbonyl (C=O) groups is 1. The topological polar surface area (TPSA) is 74.7 Å². The number of rotatable bonds is 3. The lowest BCUT2D eigenvalue weighted by molar-refractivity contribution is -0.142. The lowest BCUT2D eigenvalue weighted by Gasteiger charge is -2.29. The van der Waals surface area contributed by atoms with Crippen LogP contribution in [0.5, 0.6) is 0 Å². The summed E-state index contributed by atoms with van der Waals surface area (Å²) in [6.07, 6.45) is 1.12. The lowest BCUT2D eigenvalue weighted by atomic mass is 10.0. The highest BCUT2D eigenvalue weighted by molar-refractivity contribution is 14.1. The number of halogens is 1. The summed E-state index contributed by atoms with van der Waals surface area (Å²) in [4.78, 5) is 11.2. The Bertz CT molecular complexity index is 570.